The SMILES string of the molecule is CN(C)c1nc(NC(=O)Nc2ccc(S(N)(=O)=O)cc2)nc(Nc2ccc(F)cc2)n1. The molecule has 2 amide bonds. The Morgan fingerprint density at radius 3 is 2.06 bits per heavy atom. The summed E-state index contributed by atoms with van der Waals surface area (Å²) in [4.78, 5) is 26.4. The molecule has 0 atom stereocenters. The summed E-state index contributed by atoms with van der Waals surface area (Å²) >= 11 is 0. The highest BCUT2D eigenvalue weighted by molar-refractivity contribution is 7.89. The van der Waals surface area contributed by atoms with Gasteiger partial charge in [-0.3, -0.25) is 5.32 Å². The standard InChI is InChI=1S/C18H19FN8O3S/c1-27(2)17-24-15(21-12-5-3-11(19)4-6-12)23-16(25-17)26-18(28)22-13-7-9-14(10-8-13)31(20,29)30/h3-10H,1-2H3,(H2,20,29,30)(H3,21,22,23,24,25,26,28). The molecule has 0 radical (unpaired) electrons. The molecule has 5 N–H and O–H groups in total. The molecule has 11 nitrogen and oxygen atoms in total. The van der Waals surface area contributed by atoms with E-state index in [2.05, 4.69) is 30.9 Å². The summed E-state index contributed by atoms with van der Waals surface area (Å²) in [6, 6.07) is 10.2. The lowest BCUT2D eigenvalue weighted by atomic mass is 10.3. The van der Waals surface area contributed by atoms with Crippen molar-refractivity contribution in [2.45, 2.75) is 4.90 Å². The number of primary sulfonamides is 1. The molecule has 1 aromatic heterocycles. The lowest BCUT2D eigenvalue weighted by Crippen LogP contribution is -2.23. The number of nitrogens with zero attached hydrogens (tertiary/aromatic N) is 4. The Bertz CT molecular complexity index is 1190. The van der Waals surface area contributed by atoms with Gasteiger partial charge in [0.05, 0.1) is 4.90 Å². The number of carbonyl (C=O) groups is 1. The van der Waals surface area contributed by atoms with Gasteiger partial charge in [-0.2, -0.15) is 15.0 Å². The second kappa shape index (κ2) is 8.89. The number of benzene rings is 2. The molecule has 3 aromatic rings. The van der Waals surface area contributed by atoms with Crippen LogP contribution in [0.3, 0.4) is 0 Å². The highest BCUT2D eigenvalue weighted by atomic mass is 32.2. The van der Waals surface area contributed by atoms with Crippen LogP contribution in [-0.4, -0.2) is 43.5 Å². The summed E-state index contributed by atoms with van der Waals surface area (Å²) in [6.45, 7) is 0. The first-order valence-electron chi connectivity index (χ1n) is 8.77. The fraction of sp³-hybridized carbons (Fsp3) is 0.111. The zero-order chi connectivity index (χ0) is 22.6. The molecular weight excluding hydrogens is 427 g/mol. The van der Waals surface area contributed by atoms with Crippen molar-refractivity contribution in [1.29, 1.82) is 0 Å². The number of amides is 2. The van der Waals surface area contributed by atoms with Crippen LogP contribution in [0, 0.1) is 5.82 Å². The second-order valence-corrected chi connectivity index (χ2v) is 8.02. The van der Waals surface area contributed by atoms with Crippen LogP contribution in [0.5, 0.6) is 0 Å². The van der Waals surface area contributed by atoms with E-state index in [-0.39, 0.29) is 28.6 Å². The number of rotatable bonds is 6. The number of urea groups is 1. The van der Waals surface area contributed by atoms with Gasteiger partial charge >= 0.3 is 6.03 Å². The van der Waals surface area contributed by atoms with Crippen molar-refractivity contribution >= 4 is 45.3 Å². The van der Waals surface area contributed by atoms with E-state index in [1.54, 1.807) is 19.0 Å². The van der Waals surface area contributed by atoms with Crippen molar-refractivity contribution < 1.29 is 17.6 Å². The van der Waals surface area contributed by atoms with E-state index in [1.165, 1.54) is 48.5 Å². The monoisotopic (exact) mass is 446 g/mol. The predicted molar refractivity (Wildman–Crippen MR) is 114 cm³/mol. The van der Waals surface area contributed by atoms with Gasteiger partial charge in [-0.05, 0) is 48.5 Å². The molecule has 0 bridgehead atoms. The normalized spacial score (nSPS) is 11.0. The van der Waals surface area contributed by atoms with Gasteiger partial charge < -0.3 is 15.5 Å². The third-order valence-corrected chi connectivity index (χ3v) is 4.72. The number of aromatic nitrogens is 3. The van der Waals surface area contributed by atoms with E-state index in [0.29, 0.717) is 11.4 Å². The lowest BCUT2D eigenvalue weighted by Gasteiger charge is -2.14. The summed E-state index contributed by atoms with van der Waals surface area (Å²) in [7, 11) is -0.398. The molecule has 0 aliphatic heterocycles. The molecule has 1 heterocycles. The Morgan fingerprint density at radius 1 is 0.903 bits per heavy atom. The van der Waals surface area contributed by atoms with Crippen LogP contribution in [0.15, 0.2) is 53.4 Å². The molecule has 0 fully saturated rings. The van der Waals surface area contributed by atoms with E-state index in [1.807, 2.05) is 0 Å². The fourth-order valence-corrected chi connectivity index (χ4v) is 2.85. The van der Waals surface area contributed by atoms with Crippen LogP contribution < -0.4 is 26.0 Å². The van der Waals surface area contributed by atoms with Gasteiger partial charge in [0.25, 0.3) is 0 Å². The highest BCUT2D eigenvalue weighted by Gasteiger charge is 2.12. The second-order valence-electron chi connectivity index (χ2n) is 6.46. The van der Waals surface area contributed by atoms with Gasteiger partial charge in [-0.15, -0.1) is 0 Å². The van der Waals surface area contributed by atoms with Crippen LogP contribution in [0.25, 0.3) is 0 Å². The van der Waals surface area contributed by atoms with Crippen molar-refractivity contribution in [3.05, 3.63) is 54.3 Å². The van der Waals surface area contributed by atoms with Crippen LogP contribution in [-0.2, 0) is 10.0 Å². The van der Waals surface area contributed by atoms with E-state index in [0.717, 1.165) is 0 Å². The molecule has 0 saturated heterocycles. The number of sulfonamides is 1. The van der Waals surface area contributed by atoms with Crippen molar-refractivity contribution in [3.63, 3.8) is 0 Å². The fourth-order valence-electron chi connectivity index (χ4n) is 2.33. The molecular formula is C18H19FN8O3S. The number of anilines is 5. The van der Waals surface area contributed by atoms with Crippen molar-refractivity contribution in [2.24, 2.45) is 5.14 Å². The molecule has 31 heavy (non-hydrogen) atoms. The van der Waals surface area contributed by atoms with Crippen molar-refractivity contribution in [2.75, 3.05) is 34.9 Å². The summed E-state index contributed by atoms with van der Waals surface area (Å²) in [5, 5.41) is 13.0. The molecule has 3 rings (SSSR count). The van der Waals surface area contributed by atoms with Crippen molar-refractivity contribution in [1.82, 2.24) is 15.0 Å². The maximum Gasteiger partial charge on any atom is 0.326 e. The summed E-state index contributed by atoms with van der Waals surface area (Å²) in [5.41, 5.74) is 0.874. The topological polar surface area (TPSA) is 155 Å². The Hall–Kier alpha value is -3.84. The first kappa shape index (κ1) is 21.9. The largest absolute Gasteiger partial charge is 0.347 e. The summed E-state index contributed by atoms with van der Waals surface area (Å²) < 4.78 is 35.7. The average molecular weight is 446 g/mol. The molecule has 2 aromatic carbocycles. The Labute approximate surface area is 177 Å². The van der Waals surface area contributed by atoms with Gasteiger partial charge in [0.1, 0.15) is 5.82 Å². The van der Waals surface area contributed by atoms with Crippen LogP contribution >= 0.6 is 0 Å². The Morgan fingerprint density at radius 2 is 1.48 bits per heavy atom. The number of nitrogens with one attached hydrogen (secondary N) is 3. The third kappa shape index (κ3) is 6.07. The number of hydrogen-bond donors (Lipinski definition) is 4. The minimum atomic E-state index is -3.83. The smallest absolute Gasteiger partial charge is 0.326 e. The number of hydrogen-bond acceptors (Lipinski definition) is 8. The minimum Gasteiger partial charge on any atom is -0.347 e. The first-order valence-corrected chi connectivity index (χ1v) is 10.3. The Kier molecular flexibility index (Phi) is 6.27. The van der Waals surface area contributed by atoms with Crippen LogP contribution in [0.4, 0.5) is 38.4 Å². The zero-order valence-corrected chi connectivity index (χ0v) is 17.3. The van der Waals surface area contributed by atoms with Gasteiger partial charge in [0.2, 0.25) is 27.9 Å². The van der Waals surface area contributed by atoms with Crippen LogP contribution in [0.1, 0.15) is 0 Å². The number of halogens is 1. The molecule has 162 valence electrons. The molecule has 0 spiro atoms. The van der Waals surface area contributed by atoms with E-state index < -0.39 is 16.1 Å². The first-order chi connectivity index (χ1) is 14.6. The van der Waals surface area contributed by atoms with Crippen molar-refractivity contribution in [3.8, 4) is 0 Å². The summed E-state index contributed by atoms with van der Waals surface area (Å²) in [5.74, 6) is -0.0150. The Balaban J connectivity index is 1.75. The highest BCUT2D eigenvalue weighted by Crippen LogP contribution is 2.18. The quantitative estimate of drug-likeness (QED) is 0.449. The predicted octanol–water partition coefficient (Wildman–Crippen LogP) is 2.11. The summed E-state index contributed by atoms with van der Waals surface area (Å²) in [6.07, 6.45) is 0. The van der Waals surface area contributed by atoms with E-state index in [4.69, 9.17) is 5.14 Å². The van der Waals surface area contributed by atoms with E-state index in [9.17, 15) is 17.6 Å². The zero-order valence-electron chi connectivity index (χ0n) is 16.5. The van der Waals surface area contributed by atoms with Gasteiger partial charge in [0, 0.05) is 25.5 Å². The maximum atomic E-state index is 13.1. The molecule has 0 saturated carbocycles. The minimum absolute atomic E-state index is 0.0398. The molecule has 0 aliphatic carbocycles. The average Bonchev–Trinajstić information content (AvgIpc) is 2.69. The molecule has 13 heteroatoms. The van der Waals surface area contributed by atoms with Gasteiger partial charge in [0.15, 0.2) is 0 Å². The van der Waals surface area contributed by atoms with Crippen LogP contribution in [0.2, 0.25) is 0 Å². The van der Waals surface area contributed by atoms with E-state index >= 15 is 0 Å². The number of nitrogens with two attached hydrogens (primary N) is 1. The molecule has 0 unspecified atom stereocenters. The molecule has 0 aliphatic rings. The number of carbonyl (C=O) groups excluding carboxylic acids is 1. The van der Waals surface area contributed by atoms with Gasteiger partial charge in [-0.25, -0.2) is 22.7 Å². The van der Waals surface area contributed by atoms with Gasteiger partial charge in [-0.1, -0.05) is 0 Å². The lowest BCUT2D eigenvalue weighted by molar-refractivity contribution is 0.262. The maximum absolute atomic E-state index is 13.1. The third-order valence-electron chi connectivity index (χ3n) is 3.79.